The number of hydrogen-bond donors (Lipinski definition) is 0. The molecule has 0 saturated heterocycles. The van der Waals surface area contributed by atoms with Gasteiger partial charge in [0.05, 0.1) is 22.9 Å². The number of benzene rings is 1. The highest BCUT2D eigenvalue weighted by atomic mass is 15.1. The monoisotopic (exact) mass is 224 g/mol. The van der Waals surface area contributed by atoms with Crippen LogP contribution in [0.15, 0.2) is 36.7 Å². The average Bonchev–Trinajstić information content (AvgIpc) is 2.69. The molecule has 0 aliphatic rings. The zero-order valence-corrected chi connectivity index (χ0v) is 9.75. The Bertz CT molecular complexity index is 667. The zero-order valence-electron chi connectivity index (χ0n) is 9.75. The van der Waals surface area contributed by atoms with Crippen LogP contribution in [0.2, 0.25) is 0 Å². The van der Waals surface area contributed by atoms with Crippen molar-refractivity contribution in [2.45, 2.75) is 6.92 Å². The van der Waals surface area contributed by atoms with E-state index in [4.69, 9.17) is 0 Å². The smallest absolute Gasteiger partial charge is 0.161 e. The van der Waals surface area contributed by atoms with E-state index in [-0.39, 0.29) is 0 Å². The molecule has 84 valence electrons. The van der Waals surface area contributed by atoms with Crippen LogP contribution in [-0.2, 0) is 7.05 Å². The molecule has 0 radical (unpaired) electrons. The number of fused-ring (bicyclic) bond motifs is 1. The van der Waals surface area contributed by atoms with Crippen LogP contribution in [0.5, 0.6) is 0 Å². The second kappa shape index (κ2) is 3.66. The molecule has 0 aliphatic carbocycles. The van der Waals surface area contributed by atoms with Gasteiger partial charge in [-0.3, -0.25) is 4.98 Å². The molecule has 3 rings (SSSR count). The SMILES string of the molecule is Cc1cnc(-c2nc3ccccc3n2C)cn1. The van der Waals surface area contributed by atoms with Crippen molar-refractivity contribution < 1.29 is 0 Å². The third-order valence-corrected chi connectivity index (χ3v) is 2.80. The molecule has 2 heterocycles. The Labute approximate surface area is 99.0 Å². The lowest BCUT2D eigenvalue weighted by Gasteiger charge is -2.01. The topological polar surface area (TPSA) is 43.6 Å². The summed E-state index contributed by atoms with van der Waals surface area (Å²) in [5.41, 5.74) is 3.79. The molecule has 0 unspecified atom stereocenters. The zero-order chi connectivity index (χ0) is 11.8. The standard InChI is InChI=1S/C13H12N4/c1-9-7-15-11(8-14-9)13-16-10-5-3-4-6-12(10)17(13)2/h3-8H,1-2H3. The van der Waals surface area contributed by atoms with Crippen molar-refractivity contribution in [3.05, 3.63) is 42.4 Å². The fraction of sp³-hybridized carbons (Fsp3) is 0.154. The van der Waals surface area contributed by atoms with Gasteiger partial charge in [-0.2, -0.15) is 0 Å². The third-order valence-electron chi connectivity index (χ3n) is 2.80. The Morgan fingerprint density at radius 3 is 2.59 bits per heavy atom. The summed E-state index contributed by atoms with van der Waals surface area (Å²) in [6, 6.07) is 8.04. The van der Waals surface area contributed by atoms with Crippen LogP contribution in [0.3, 0.4) is 0 Å². The molecule has 17 heavy (non-hydrogen) atoms. The van der Waals surface area contributed by atoms with Gasteiger partial charge >= 0.3 is 0 Å². The Balaban J connectivity index is 2.24. The Morgan fingerprint density at radius 2 is 1.88 bits per heavy atom. The summed E-state index contributed by atoms with van der Waals surface area (Å²) in [5.74, 6) is 0.846. The lowest BCUT2D eigenvalue weighted by atomic mass is 10.3. The highest BCUT2D eigenvalue weighted by Gasteiger charge is 2.10. The molecule has 4 nitrogen and oxygen atoms in total. The number of aryl methyl sites for hydroxylation is 2. The number of para-hydroxylation sites is 2. The van der Waals surface area contributed by atoms with Crippen LogP contribution < -0.4 is 0 Å². The number of imidazole rings is 1. The molecule has 0 saturated carbocycles. The highest BCUT2D eigenvalue weighted by Crippen LogP contribution is 2.21. The lowest BCUT2D eigenvalue weighted by molar-refractivity contribution is 0.943. The predicted octanol–water partition coefficient (Wildman–Crippen LogP) is 2.34. The minimum absolute atomic E-state index is 0.800. The number of aromatic nitrogens is 4. The highest BCUT2D eigenvalue weighted by molar-refractivity contribution is 5.79. The van der Waals surface area contributed by atoms with Gasteiger partial charge in [-0.1, -0.05) is 12.1 Å². The van der Waals surface area contributed by atoms with Crippen molar-refractivity contribution in [3.8, 4) is 11.5 Å². The first-order valence-electron chi connectivity index (χ1n) is 5.46. The second-order valence-corrected chi connectivity index (χ2v) is 4.03. The summed E-state index contributed by atoms with van der Waals surface area (Å²) in [5, 5.41) is 0. The fourth-order valence-corrected chi connectivity index (χ4v) is 1.88. The number of nitrogens with zero attached hydrogens (tertiary/aromatic N) is 4. The van der Waals surface area contributed by atoms with E-state index in [9.17, 15) is 0 Å². The van der Waals surface area contributed by atoms with Crippen LogP contribution in [0.1, 0.15) is 5.69 Å². The molecule has 0 spiro atoms. The minimum Gasteiger partial charge on any atom is -0.326 e. The molecule has 0 amide bonds. The van der Waals surface area contributed by atoms with Gasteiger partial charge in [0.2, 0.25) is 0 Å². The van der Waals surface area contributed by atoms with Gasteiger partial charge in [-0.25, -0.2) is 9.97 Å². The molecular weight excluding hydrogens is 212 g/mol. The van der Waals surface area contributed by atoms with E-state index in [1.54, 1.807) is 12.4 Å². The second-order valence-electron chi connectivity index (χ2n) is 4.03. The van der Waals surface area contributed by atoms with E-state index >= 15 is 0 Å². The van der Waals surface area contributed by atoms with Crippen molar-refractivity contribution in [1.29, 1.82) is 0 Å². The van der Waals surface area contributed by atoms with Crippen molar-refractivity contribution in [3.63, 3.8) is 0 Å². The van der Waals surface area contributed by atoms with Gasteiger partial charge in [-0.05, 0) is 19.1 Å². The largest absolute Gasteiger partial charge is 0.326 e. The number of hydrogen-bond acceptors (Lipinski definition) is 3. The molecule has 3 aromatic rings. The van der Waals surface area contributed by atoms with Crippen molar-refractivity contribution in [1.82, 2.24) is 19.5 Å². The lowest BCUT2D eigenvalue weighted by Crippen LogP contribution is -1.96. The predicted molar refractivity (Wildman–Crippen MR) is 66.5 cm³/mol. The normalized spacial score (nSPS) is 10.9. The summed E-state index contributed by atoms with van der Waals surface area (Å²) < 4.78 is 2.04. The van der Waals surface area contributed by atoms with Gasteiger partial charge in [0.25, 0.3) is 0 Å². The fourth-order valence-electron chi connectivity index (χ4n) is 1.88. The first-order valence-corrected chi connectivity index (χ1v) is 5.46. The third kappa shape index (κ3) is 1.58. The van der Waals surface area contributed by atoms with Gasteiger partial charge in [-0.15, -0.1) is 0 Å². The van der Waals surface area contributed by atoms with E-state index in [0.29, 0.717) is 0 Å². The van der Waals surface area contributed by atoms with E-state index in [1.807, 2.05) is 42.8 Å². The van der Waals surface area contributed by atoms with E-state index < -0.39 is 0 Å². The summed E-state index contributed by atoms with van der Waals surface area (Å²) in [6.07, 6.45) is 3.52. The van der Waals surface area contributed by atoms with Crippen LogP contribution in [0.4, 0.5) is 0 Å². The van der Waals surface area contributed by atoms with Crippen LogP contribution in [-0.4, -0.2) is 19.5 Å². The molecule has 4 heteroatoms. The molecule has 0 aliphatic heterocycles. The first kappa shape index (κ1) is 9.96. The summed E-state index contributed by atoms with van der Waals surface area (Å²) in [6.45, 7) is 1.92. The van der Waals surface area contributed by atoms with Gasteiger partial charge < -0.3 is 4.57 Å². The molecule has 0 fully saturated rings. The molecule has 1 aromatic carbocycles. The molecule has 2 aromatic heterocycles. The van der Waals surface area contributed by atoms with Crippen LogP contribution in [0.25, 0.3) is 22.6 Å². The van der Waals surface area contributed by atoms with Gasteiger partial charge in [0, 0.05) is 13.2 Å². The van der Waals surface area contributed by atoms with Gasteiger partial charge in [0.15, 0.2) is 5.82 Å². The molecule has 0 N–H and O–H groups in total. The maximum Gasteiger partial charge on any atom is 0.161 e. The molecule has 0 atom stereocenters. The summed E-state index contributed by atoms with van der Waals surface area (Å²) in [4.78, 5) is 13.2. The molecule has 0 bridgehead atoms. The summed E-state index contributed by atoms with van der Waals surface area (Å²) in [7, 11) is 1.99. The summed E-state index contributed by atoms with van der Waals surface area (Å²) >= 11 is 0. The van der Waals surface area contributed by atoms with Gasteiger partial charge in [0.1, 0.15) is 5.69 Å². The van der Waals surface area contributed by atoms with E-state index in [2.05, 4.69) is 15.0 Å². The van der Waals surface area contributed by atoms with Crippen molar-refractivity contribution in [2.24, 2.45) is 7.05 Å². The van der Waals surface area contributed by atoms with Crippen LogP contribution in [0, 0.1) is 6.92 Å². The van der Waals surface area contributed by atoms with Crippen LogP contribution >= 0.6 is 0 Å². The van der Waals surface area contributed by atoms with Crippen molar-refractivity contribution >= 4 is 11.0 Å². The first-order chi connectivity index (χ1) is 8.25. The Hall–Kier alpha value is -2.23. The van der Waals surface area contributed by atoms with E-state index in [1.165, 1.54) is 0 Å². The van der Waals surface area contributed by atoms with Crippen molar-refractivity contribution in [2.75, 3.05) is 0 Å². The van der Waals surface area contributed by atoms with E-state index in [0.717, 1.165) is 28.2 Å². The minimum atomic E-state index is 0.800. The maximum atomic E-state index is 4.57. The molecular formula is C13H12N4. The number of rotatable bonds is 1. The quantitative estimate of drug-likeness (QED) is 0.637. The Morgan fingerprint density at radius 1 is 1.06 bits per heavy atom. The maximum absolute atomic E-state index is 4.57. The Kier molecular flexibility index (Phi) is 2.14. The average molecular weight is 224 g/mol.